The first-order valence-electron chi connectivity index (χ1n) is 12.3. The van der Waals surface area contributed by atoms with E-state index in [1.165, 1.54) is 25.1 Å². The summed E-state index contributed by atoms with van der Waals surface area (Å²) in [6.45, 7) is 1.79. The molecule has 1 aliphatic carbocycles. The summed E-state index contributed by atoms with van der Waals surface area (Å²) in [5.74, 6) is 1.27. The third-order valence-electron chi connectivity index (χ3n) is 6.95. The number of aryl methyl sites for hydroxylation is 2. The van der Waals surface area contributed by atoms with E-state index in [-0.39, 0.29) is 5.82 Å². The molecule has 1 atom stereocenters. The number of benzene rings is 1. The van der Waals surface area contributed by atoms with Crippen LogP contribution in [0.4, 0.5) is 13.2 Å². The van der Waals surface area contributed by atoms with Crippen LogP contribution < -0.4 is 4.74 Å². The summed E-state index contributed by atoms with van der Waals surface area (Å²) in [7, 11) is 3.05. The average molecular weight is 536 g/mol. The lowest BCUT2D eigenvalue weighted by atomic mass is 9.96. The highest BCUT2D eigenvalue weighted by atomic mass is 19.4. The monoisotopic (exact) mass is 535 g/mol. The van der Waals surface area contributed by atoms with Crippen molar-refractivity contribution >= 4 is 11.0 Å². The van der Waals surface area contributed by atoms with E-state index in [0.717, 1.165) is 24.7 Å². The Morgan fingerprint density at radius 2 is 1.92 bits per heavy atom. The van der Waals surface area contributed by atoms with Crippen LogP contribution in [-0.4, -0.2) is 46.7 Å². The molecule has 0 spiro atoms. The number of nitrogens with one attached hydrogen (secondary N) is 1. The first-order chi connectivity index (χ1) is 18.7. The quantitative estimate of drug-likeness (QED) is 0.311. The lowest BCUT2D eigenvalue weighted by Crippen LogP contribution is -2.05. The van der Waals surface area contributed by atoms with Crippen LogP contribution in [-0.2, 0) is 13.2 Å². The molecule has 1 aliphatic rings. The zero-order chi connectivity index (χ0) is 27.5. The van der Waals surface area contributed by atoms with E-state index in [9.17, 15) is 18.3 Å². The number of aromatic amines is 1. The number of ether oxygens (including phenoxy) is 1. The van der Waals surface area contributed by atoms with Crippen LogP contribution in [0.5, 0.6) is 5.88 Å². The molecule has 1 unspecified atom stereocenters. The minimum atomic E-state index is -4.54. The number of halogens is 3. The van der Waals surface area contributed by atoms with Gasteiger partial charge in [-0.2, -0.15) is 13.2 Å². The number of aliphatic hydroxyl groups is 1. The van der Waals surface area contributed by atoms with Crippen molar-refractivity contribution in [2.24, 2.45) is 7.05 Å². The fraction of sp³-hybridized carbons (Fsp3) is 0.296. The van der Waals surface area contributed by atoms with E-state index in [1.54, 1.807) is 37.5 Å². The van der Waals surface area contributed by atoms with Gasteiger partial charge in [0.25, 0.3) is 0 Å². The summed E-state index contributed by atoms with van der Waals surface area (Å²) in [6.07, 6.45) is 2.21. The van der Waals surface area contributed by atoms with Gasteiger partial charge in [0.05, 0.1) is 30.0 Å². The Hall–Kier alpha value is -4.32. The summed E-state index contributed by atoms with van der Waals surface area (Å²) in [6, 6.07) is 5.05. The van der Waals surface area contributed by atoms with Gasteiger partial charge in [0, 0.05) is 36.5 Å². The number of aliphatic hydroxyl groups excluding tert-OH is 1. The number of aromatic nitrogens is 7. The first kappa shape index (κ1) is 25.0. The lowest BCUT2D eigenvalue weighted by molar-refractivity contribution is -0.140. The normalized spacial score (nSPS) is 14.6. The average Bonchev–Trinajstić information content (AvgIpc) is 3.55. The zero-order valence-electron chi connectivity index (χ0n) is 21.3. The molecule has 4 aromatic heterocycles. The van der Waals surface area contributed by atoms with Crippen molar-refractivity contribution in [3.8, 4) is 28.7 Å². The van der Waals surface area contributed by atoms with E-state index in [1.807, 2.05) is 0 Å². The first-order valence-corrected chi connectivity index (χ1v) is 12.3. The van der Waals surface area contributed by atoms with Crippen molar-refractivity contribution in [2.75, 3.05) is 7.11 Å². The van der Waals surface area contributed by atoms with Crippen molar-refractivity contribution in [1.29, 1.82) is 0 Å². The lowest BCUT2D eigenvalue weighted by Gasteiger charge is -2.15. The van der Waals surface area contributed by atoms with Crippen molar-refractivity contribution in [3.05, 3.63) is 71.2 Å². The third kappa shape index (κ3) is 4.40. The number of hydrogen-bond donors (Lipinski definition) is 2. The van der Waals surface area contributed by atoms with Gasteiger partial charge in [0.15, 0.2) is 11.5 Å². The molecule has 4 heterocycles. The number of imidazole rings is 1. The standard InChI is InChI=1S/C27H24F3N7O2/c1-13-8-15(25-35-19(11-37(25)2)27(28,29)30)6-7-16(13)23(38)17-9-31-18-10-32-24(36-22(17)18)20-21(14-4-5-14)33-12-34-26(20)39-3/h6-12,14,23,31,38H,4-5H2,1-3H3. The molecule has 0 bridgehead atoms. The number of nitrogens with zero attached hydrogens (tertiary/aromatic N) is 6. The fourth-order valence-electron chi connectivity index (χ4n) is 4.83. The molecule has 12 heteroatoms. The van der Waals surface area contributed by atoms with Crippen LogP contribution in [0, 0.1) is 6.92 Å². The van der Waals surface area contributed by atoms with Gasteiger partial charge in [-0.1, -0.05) is 12.1 Å². The Balaban J connectivity index is 1.38. The fourth-order valence-corrected chi connectivity index (χ4v) is 4.83. The number of hydrogen-bond acceptors (Lipinski definition) is 7. The molecule has 5 aromatic rings. The molecular formula is C27H24F3N7O2. The molecule has 2 N–H and O–H groups in total. The van der Waals surface area contributed by atoms with Crippen LogP contribution in [0.2, 0.25) is 0 Å². The molecule has 6 rings (SSSR count). The van der Waals surface area contributed by atoms with Gasteiger partial charge < -0.3 is 19.4 Å². The number of H-pyrrole nitrogens is 1. The summed E-state index contributed by atoms with van der Waals surface area (Å²) in [4.78, 5) is 24.9. The number of rotatable bonds is 6. The van der Waals surface area contributed by atoms with E-state index in [4.69, 9.17) is 9.72 Å². The van der Waals surface area contributed by atoms with Gasteiger partial charge in [-0.05, 0) is 37.0 Å². The Labute approximate surface area is 220 Å². The number of methoxy groups -OCH3 is 1. The van der Waals surface area contributed by atoms with E-state index in [2.05, 4.69) is 24.9 Å². The molecule has 0 radical (unpaired) electrons. The van der Waals surface area contributed by atoms with Gasteiger partial charge in [-0.15, -0.1) is 0 Å². The van der Waals surface area contributed by atoms with Crippen LogP contribution in [0.3, 0.4) is 0 Å². The second kappa shape index (κ2) is 9.16. The SMILES string of the molecule is COc1ncnc(C2CC2)c1-c1ncc2[nH]cc(C(O)c3ccc(-c4nc(C(F)(F)F)cn4C)cc3C)c2n1. The van der Waals surface area contributed by atoms with Crippen molar-refractivity contribution in [1.82, 2.24) is 34.5 Å². The molecule has 1 aromatic carbocycles. The molecule has 1 fully saturated rings. The maximum atomic E-state index is 13.1. The van der Waals surface area contributed by atoms with E-state index < -0.39 is 18.0 Å². The second-order valence-electron chi connectivity index (χ2n) is 9.65. The van der Waals surface area contributed by atoms with Gasteiger partial charge in [0.1, 0.15) is 23.8 Å². The minimum absolute atomic E-state index is 0.182. The smallest absolute Gasteiger partial charge is 0.434 e. The molecule has 200 valence electrons. The maximum absolute atomic E-state index is 13.1. The van der Waals surface area contributed by atoms with Crippen LogP contribution >= 0.6 is 0 Å². The van der Waals surface area contributed by atoms with E-state index >= 15 is 0 Å². The number of fused-ring (bicyclic) bond motifs is 1. The van der Waals surface area contributed by atoms with Crippen molar-refractivity contribution in [3.63, 3.8) is 0 Å². The molecule has 0 aliphatic heterocycles. The Bertz CT molecular complexity index is 1710. The highest BCUT2D eigenvalue weighted by Crippen LogP contribution is 2.45. The van der Waals surface area contributed by atoms with Gasteiger partial charge >= 0.3 is 6.18 Å². The van der Waals surface area contributed by atoms with Crippen LogP contribution in [0.25, 0.3) is 33.8 Å². The third-order valence-corrected chi connectivity index (χ3v) is 6.95. The Morgan fingerprint density at radius 1 is 1.13 bits per heavy atom. The summed E-state index contributed by atoms with van der Waals surface area (Å²) in [5, 5.41) is 11.4. The molecule has 1 saturated carbocycles. The Kier molecular flexibility index (Phi) is 5.87. The largest absolute Gasteiger partial charge is 0.480 e. The summed E-state index contributed by atoms with van der Waals surface area (Å²) >= 11 is 0. The zero-order valence-corrected chi connectivity index (χ0v) is 21.3. The van der Waals surface area contributed by atoms with E-state index in [0.29, 0.717) is 56.5 Å². The van der Waals surface area contributed by atoms with Gasteiger partial charge in [-0.25, -0.2) is 24.9 Å². The highest BCUT2D eigenvalue weighted by Gasteiger charge is 2.35. The molecule has 0 amide bonds. The molecular weight excluding hydrogens is 511 g/mol. The van der Waals surface area contributed by atoms with Crippen LogP contribution in [0.15, 0.2) is 43.1 Å². The maximum Gasteiger partial charge on any atom is 0.434 e. The van der Waals surface area contributed by atoms with Gasteiger partial charge in [0.2, 0.25) is 5.88 Å². The molecule has 9 nitrogen and oxygen atoms in total. The van der Waals surface area contributed by atoms with Crippen molar-refractivity contribution in [2.45, 2.75) is 38.0 Å². The second-order valence-corrected chi connectivity index (χ2v) is 9.65. The summed E-state index contributed by atoms with van der Waals surface area (Å²) in [5.41, 5.74) is 4.01. The van der Waals surface area contributed by atoms with Crippen molar-refractivity contribution < 1.29 is 23.0 Å². The predicted octanol–water partition coefficient (Wildman–Crippen LogP) is 5.11. The molecule has 39 heavy (non-hydrogen) atoms. The van der Waals surface area contributed by atoms with Crippen LogP contribution in [0.1, 0.15) is 52.9 Å². The highest BCUT2D eigenvalue weighted by molar-refractivity contribution is 5.82. The Morgan fingerprint density at radius 3 is 2.59 bits per heavy atom. The topological polar surface area (TPSA) is 115 Å². The van der Waals surface area contributed by atoms with Gasteiger partial charge in [-0.3, -0.25) is 0 Å². The predicted molar refractivity (Wildman–Crippen MR) is 136 cm³/mol. The number of alkyl halides is 3. The molecule has 0 saturated heterocycles. The minimum Gasteiger partial charge on any atom is -0.480 e. The summed E-state index contributed by atoms with van der Waals surface area (Å²) < 4.78 is 46.2.